The van der Waals surface area contributed by atoms with Crippen molar-refractivity contribution in [2.45, 2.75) is 0 Å². The number of allylic oxidation sites excluding steroid dienone is 1. The molecule has 0 amide bonds. The molecule has 5 heteroatoms. The Kier molecular flexibility index (Phi) is 3.33. The first-order valence-electron chi connectivity index (χ1n) is 2.68. The van der Waals surface area contributed by atoms with Gasteiger partial charge in [-0.1, -0.05) is 31.9 Å². The van der Waals surface area contributed by atoms with E-state index in [0.717, 1.165) is 0 Å². The number of cyclic esters (lactones) is 1. The summed E-state index contributed by atoms with van der Waals surface area (Å²) in [6.45, 7) is 0. The highest BCUT2D eigenvalue weighted by Gasteiger charge is 2.26. The molecule has 1 aliphatic rings. The molecule has 0 unspecified atom stereocenters. The number of hydrogen-bond donors (Lipinski definition) is 0. The van der Waals surface area contributed by atoms with Crippen molar-refractivity contribution < 1.29 is 9.53 Å². The van der Waals surface area contributed by atoms with Gasteiger partial charge in [0.15, 0.2) is 5.76 Å². The summed E-state index contributed by atoms with van der Waals surface area (Å²) >= 11 is 9.50. The number of halogens is 3. The van der Waals surface area contributed by atoms with Crippen LogP contribution in [-0.4, -0.2) is 11.3 Å². The fourth-order valence-electron chi connectivity index (χ4n) is 0.628. The fourth-order valence-corrected chi connectivity index (χ4v) is 2.64. The van der Waals surface area contributed by atoms with Crippen LogP contribution in [0.3, 0.4) is 0 Å². The predicted octanol–water partition coefficient (Wildman–Crippen LogP) is 2.82. The molecule has 0 saturated heterocycles. The van der Waals surface area contributed by atoms with Crippen LogP contribution in [0.15, 0.2) is 20.8 Å². The maximum Gasteiger partial charge on any atom is 0.341 e. The van der Waals surface area contributed by atoms with E-state index in [9.17, 15) is 4.79 Å². The monoisotopic (exact) mass is 344 g/mol. The highest BCUT2D eigenvalue weighted by molar-refractivity contribution is 9.12. The summed E-state index contributed by atoms with van der Waals surface area (Å²) < 4.78 is 5.56. The molecular weight excluding hydrogens is 344 g/mol. The van der Waals surface area contributed by atoms with Crippen molar-refractivity contribution in [3.8, 4) is 0 Å². The molecule has 0 aliphatic carbocycles. The van der Waals surface area contributed by atoms with E-state index in [4.69, 9.17) is 4.74 Å². The Hall–Kier alpha value is 0.390. The second-order valence-corrected chi connectivity index (χ2v) is 3.60. The lowest BCUT2D eigenvalue weighted by Crippen LogP contribution is -1.98. The average molecular weight is 347 g/mol. The van der Waals surface area contributed by atoms with E-state index in [0.29, 0.717) is 21.1 Å². The minimum atomic E-state index is -0.306. The largest absolute Gasteiger partial charge is 0.421 e. The van der Waals surface area contributed by atoms with Crippen molar-refractivity contribution in [1.82, 2.24) is 0 Å². The maximum absolute atomic E-state index is 11.0. The quantitative estimate of drug-likeness (QED) is 0.539. The van der Waals surface area contributed by atoms with Gasteiger partial charge in [0.25, 0.3) is 0 Å². The van der Waals surface area contributed by atoms with Gasteiger partial charge in [0, 0.05) is 10.3 Å². The number of ether oxygens (including phenoxy) is 1. The zero-order valence-corrected chi connectivity index (χ0v) is 9.99. The van der Waals surface area contributed by atoms with E-state index in [1.54, 1.807) is 4.99 Å². The number of alkyl halides is 1. The summed E-state index contributed by atoms with van der Waals surface area (Å²) in [4.78, 5) is 12.5. The standard InChI is InChI=1S/C6H3Br3O2/c7-1-3-5(9)4(2-8)11-6(3)10/h2H,1H2/b4-2+. The van der Waals surface area contributed by atoms with E-state index < -0.39 is 0 Å². The minimum absolute atomic E-state index is 0.306. The number of carbonyl (C=O) groups excluding carboxylic acids is 1. The SMILES string of the molecule is O=C1O/C(=C/Br)C(Br)=C1CBr. The van der Waals surface area contributed by atoms with Crippen molar-refractivity contribution in [2.24, 2.45) is 0 Å². The summed E-state index contributed by atoms with van der Waals surface area (Å²) in [6, 6.07) is 0. The maximum atomic E-state index is 11.0. The van der Waals surface area contributed by atoms with Gasteiger partial charge in [0.1, 0.15) is 0 Å². The zero-order valence-electron chi connectivity index (χ0n) is 5.23. The first-order chi connectivity index (χ1) is 5.20. The molecule has 2 nitrogen and oxygen atoms in total. The summed E-state index contributed by atoms with van der Waals surface area (Å²) in [5.41, 5.74) is 0.607. The van der Waals surface area contributed by atoms with Crippen molar-refractivity contribution in [1.29, 1.82) is 0 Å². The molecule has 1 aliphatic heterocycles. The van der Waals surface area contributed by atoms with E-state index in [2.05, 4.69) is 47.8 Å². The molecule has 60 valence electrons. The van der Waals surface area contributed by atoms with E-state index >= 15 is 0 Å². The lowest BCUT2D eigenvalue weighted by atomic mass is 10.3. The topological polar surface area (TPSA) is 26.3 Å². The molecule has 0 N–H and O–H groups in total. The molecule has 0 saturated carbocycles. The summed E-state index contributed by atoms with van der Waals surface area (Å²) in [5, 5.41) is 0.497. The molecule has 0 aromatic heterocycles. The zero-order chi connectivity index (χ0) is 8.43. The van der Waals surface area contributed by atoms with Crippen LogP contribution in [0.4, 0.5) is 0 Å². The number of esters is 1. The predicted molar refractivity (Wildman–Crippen MR) is 52.8 cm³/mol. The second kappa shape index (κ2) is 3.87. The highest BCUT2D eigenvalue weighted by atomic mass is 79.9. The van der Waals surface area contributed by atoms with Crippen LogP contribution in [0.1, 0.15) is 0 Å². The third-order valence-corrected chi connectivity index (χ3v) is 3.01. The van der Waals surface area contributed by atoms with Gasteiger partial charge >= 0.3 is 5.97 Å². The lowest BCUT2D eigenvalue weighted by molar-refractivity contribution is -0.133. The second-order valence-electron chi connectivity index (χ2n) is 1.79. The molecular formula is C6H3Br3O2. The van der Waals surface area contributed by atoms with E-state index in [1.807, 2.05) is 0 Å². The molecule has 0 aromatic rings. The molecule has 0 aromatic carbocycles. The van der Waals surface area contributed by atoms with Gasteiger partial charge in [-0.05, 0) is 15.9 Å². The van der Waals surface area contributed by atoms with Gasteiger partial charge in [-0.15, -0.1) is 0 Å². The van der Waals surface area contributed by atoms with Crippen LogP contribution < -0.4 is 0 Å². The third-order valence-electron chi connectivity index (χ3n) is 1.16. The van der Waals surface area contributed by atoms with Gasteiger partial charge < -0.3 is 4.74 Å². The summed E-state index contributed by atoms with van der Waals surface area (Å²) in [5.74, 6) is 0.212. The van der Waals surface area contributed by atoms with Crippen molar-refractivity contribution in [2.75, 3.05) is 5.33 Å². The Balaban J connectivity index is 3.04. The van der Waals surface area contributed by atoms with Gasteiger partial charge in [-0.2, -0.15) is 0 Å². The number of hydrogen-bond acceptors (Lipinski definition) is 2. The Morgan fingerprint density at radius 1 is 1.55 bits per heavy atom. The van der Waals surface area contributed by atoms with Gasteiger partial charge in [0.2, 0.25) is 0 Å². The lowest BCUT2D eigenvalue weighted by Gasteiger charge is -1.91. The van der Waals surface area contributed by atoms with Gasteiger partial charge in [0.05, 0.1) is 10.1 Å². The first kappa shape index (κ1) is 9.48. The number of carbonyl (C=O) groups is 1. The van der Waals surface area contributed by atoms with Gasteiger partial charge in [-0.25, -0.2) is 4.79 Å². The summed E-state index contributed by atoms with van der Waals surface area (Å²) in [7, 11) is 0. The smallest absolute Gasteiger partial charge is 0.341 e. The van der Waals surface area contributed by atoms with Crippen LogP contribution in [0.2, 0.25) is 0 Å². The molecule has 1 rings (SSSR count). The summed E-state index contributed by atoms with van der Waals surface area (Å²) in [6.07, 6.45) is 0. The molecule has 0 spiro atoms. The molecule has 0 fully saturated rings. The van der Waals surface area contributed by atoms with Crippen LogP contribution in [0, 0.1) is 0 Å². The van der Waals surface area contributed by atoms with Crippen LogP contribution in [-0.2, 0) is 9.53 Å². The Bertz CT molecular complexity index is 255. The van der Waals surface area contributed by atoms with Crippen molar-refractivity contribution in [3.05, 3.63) is 20.8 Å². The van der Waals surface area contributed by atoms with Crippen LogP contribution >= 0.6 is 47.8 Å². The third kappa shape index (κ3) is 1.76. The molecule has 0 atom stereocenters. The van der Waals surface area contributed by atoms with E-state index in [1.165, 1.54) is 0 Å². The first-order valence-corrected chi connectivity index (χ1v) is 5.51. The Labute approximate surface area is 89.1 Å². The van der Waals surface area contributed by atoms with Gasteiger partial charge in [-0.3, -0.25) is 0 Å². The minimum Gasteiger partial charge on any atom is -0.421 e. The molecule has 11 heavy (non-hydrogen) atoms. The Morgan fingerprint density at radius 3 is 2.45 bits per heavy atom. The normalized spacial score (nSPS) is 21.4. The fraction of sp³-hybridized carbons (Fsp3) is 0.167. The van der Waals surface area contributed by atoms with Crippen molar-refractivity contribution in [3.63, 3.8) is 0 Å². The highest BCUT2D eigenvalue weighted by Crippen LogP contribution is 2.32. The molecule has 1 heterocycles. The molecule has 0 bridgehead atoms. The Morgan fingerprint density at radius 2 is 2.18 bits per heavy atom. The van der Waals surface area contributed by atoms with Crippen LogP contribution in [0.5, 0.6) is 0 Å². The average Bonchev–Trinajstić information content (AvgIpc) is 2.26. The number of rotatable bonds is 1. The van der Waals surface area contributed by atoms with Crippen LogP contribution in [0.25, 0.3) is 0 Å². The molecule has 0 radical (unpaired) electrons. The van der Waals surface area contributed by atoms with E-state index in [-0.39, 0.29) is 5.97 Å². The van der Waals surface area contributed by atoms with Crippen molar-refractivity contribution >= 4 is 53.8 Å².